The number of fused-ring (bicyclic) bond motifs is 1. The van der Waals surface area contributed by atoms with Crippen molar-refractivity contribution in [2.45, 2.75) is 50.7 Å². The Balaban J connectivity index is 1.23. The summed E-state index contributed by atoms with van der Waals surface area (Å²) in [6, 6.07) is 14.9. The molecule has 2 aromatic carbocycles. The van der Waals surface area contributed by atoms with Crippen molar-refractivity contribution >= 4 is 23.7 Å². The Morgan fingerprint density at radius 2 is 1.67 bits per heavy atom. The third kappa shape index (κ3) is 6.42. The molecule has 2 aliphatic rings. The van der Waals surface area contributed by atoms with Crippen LogP contribution in [0.2, 0.25) is 0 Å². The Bertz CT molecular complexity index is 1530. The second-order valence-corrected chi connectivity index (χ2v) is 10.4. The summed E-state index contributed by atoms with van der Waals surface area (Å²) in [4.78, 5) is 41.2. The van der Waals surface area contributed by atoms with Gasteiger partial charge in [-0.3, -0.25) is 9.59 Å². The monoisotopic (exact) mass is 580 g/mol. The van der Waals surface area contributed by atoms with Gasteiger partial charge in [-0.1, -0.05) is 24.3 Å². The standard InChI is InChI=1S/C30H30F2N4O6/c1-18-8-11-24(36-27(38)29(12-13-29)21-9-10-22-23(17-21)42-30(31,32)41-22)35-25(18)19-6-5-7-20(16-19)26(37)33-14-3-2-4-15-34-28(39)40/h5-11,16-17,34H,2-4,12-15H2,1H3,(H,33,37)(H,39,40)(H,35,36,38). The molecule has 3 amide bonds. The van der Waals surface area contributed by atoms with Gasteiger partial charge in [0.2, 0.25) is 5.91 Å². The lowest BCUT2D eigenvalue weighted by atomic mass is 9.94. The van der Waals surface area contributed by atoms with Crippen molar-refractivity contribution in [1.29, 1.82) is 0 Å². The normalized spacial score (nSPS) is 15.5. The number of hydrogen-bond donors (Lipinski definition) is 4. The molecule has 4 N–H and O–H groups in total. The zero-order valence-corrected chi connectivity index (χ0v) is 22.8. The highest BCUT2D eigenvalue weighted by Gasteiger charge is 2.53. The highest BCUT2D eigenvalue weighted by Crippen LogP contribution is 2.52. The summed E-state index contributed by atoms with van der Waals surface area (Å²) in [5.74, 6) is -0.399. The van der Waals surface area contributed by atoms with Crippen molar-refractivity contribution < 1.29 is 37.7 Å². The molecular formula is C30H30F2N4O6. The summed E-state index contributed by atoms with van der Waals surface area (Å²) in [6.45, 7) is 2.71. The van der Waals surface area contributed by atoms with Crippen molar-refractivity contribution in [3.05, 3.63) is 71.3 Å². The molecule has 3 aromatic rings. The molecule has 10 nitrogen and oxygen atoms in total. The first-order chi connectivity index (χ1) is 20.1. The molecule has 220 valence electrons. The molecular weight excluding hydrogens is 550 g/mol. The molecule has 0 radical (unpaired) electrons. The number of ether oxygens (including phenoxy) is 2. The molecule has 12 heteroatoms. The van der Waals surface area contributed by atoms with Gasteiger partial charge in [0.05, 0.1) is 11.1 Å². The van der Waals surface area contributed by atoms with Gasteiger partial charge in [0.25, 0.3) is 5.91 Å². The van der Waals surface area contributed by atoms with Crippen LogP contribution in [0.5, 0.6) is 11.5 Å². The third-order valence-electron chi connectivity index (χ3n) is 7.29. The van der Waals surface area contributed by atoms with E-state index in [0.717, 1.165) is 18.4 Å². The topological polar surface area (TPSA) is 139 Å². The SMILES string of the molecule is Cc1ccc(NC(=O)C2(c3ccc4c(c3)OC(F)(F)O4)CC2)nc1-c1cccc(C(=O)NCCCCCNC(=O)O)c1. The van der Waals surface area contributed by atoms with Gasteiger partial charge in [-0.15, -0.1) is 8.78 Å². The number of benzene rings is 2. The van der Waals surface area contributed by atoms with Crippen molar-refractivity contribution in [2.75, 3.05) is 18.4 Å². The number of pyridine rings is 1. The maximum Gasteiger partial charge on any atom is 0.586 e. The Kier molecular flexibility index (Phi) is 7.97. The molecule has 1 fully saturated rings. The predicted octanol–water partition coefficient (Wildman–Crippen LogP) is 5.22. The van der Waals surface area contributed by atoms with E-state index in [1.807, 2.05) is 19.1 Å². The fourth-order valence-corrected chi connectivity index (χ4v) is 4.88. The van der Waals surface area contributed by atoms with Crippen molar-refractivity contribution in [3.63, 3.8) is 0 Å². The van der Waals surface area contributed by atoms with Crippen molar-refractivity contribution in [1.82, 2.24) is 15.6 Å². The van der Waals surface area contributed by atoms with E-state index in [0.29, 0.717) is 60.6 Å². The van der Waals surface area contributed by atoms with Crippen LogP contribution in [0.25, 0.3) is 11.3 Å². The number of hydrogen-bond acceptors (Lipinski definition) is 6. The predicted molar refractivity (Wildman–Crippen MR) is 149 cm³/mol. The van der Waals surface area contributed by atoms with E-state index in [1.165, 1.54) is 12.1 Å². The summed E-state index contributed by atoms with van der Waals surface area (Å²) >= 11 is 0. The number of nitrogens with zero attached hydrogens (tertiary/aromatic N) is 1. The quantitative estimate of drug-likeness (QED) is 0.228. The van der Waals surface area contributed by atoms with Gasteiger partial charge in [-0.05, 0) is 80.5 Å². The number of rotatable bonds is 11. The van der Waals surface area contributed by atoms with Crippen molar-refractivity contribution in [2.24, 2.45) is 0 Å². The Hall–Kier alpha value is -4.74. The maximum absolute atomic E-state index is 13.5. The van der Waals surface area contributed by atoms with E-state index in [2.05, 4.69) is 30.4 Å². The molecule has 2 heterocycles. The van der Waals surface area contributed by atoms with Crippen molar-refractivity contribution in [3.8, 4) is 22.8 Å². The van der Waals surface area contributed by atoms with E-state index in [1.54, 1.807) is 30.3 Å². The number of alkyl halides is 2. The fourth-order valence-electron chi connectivity index (χ4n) is 4.88. The molecule has 5 rings (SSSR count). The van der Waals surface area contributed by atoms with Gasteiger partial charge in [-0.25, -0.2) is 9.78 Å². The van der Waals surface area contributed by atoms with Crippen LogP contribution < -0.4 is 25.4 Å². The third-order valence-corrected chi connectivity index (χ3v) is 7.29. The molecule has 0 spiro atoms. The average molecular weight is 581 g/mol. The van der Waals surface area contributed by atoms with E-state index in [-0.39, 0.29) is 23.3 Å². The largest absolute Gasteiger partial charge is 0.586 e. The van der Waals surface area contributed by atoms with Gasteiger partial charge < -0.3 is 30.5 Å². The summed E-state index contributed by atoms with van der Waals surface area (Å²) < 4.78 is 35.9. The molecule has 42 heavy (non-hydrogen) atoms. The zero-order valence-electron chi connectivity index (χ0n) is 22.8. The second kappa shape index (κ2) is 11.6. The number of halogens is 2. The number of anilines is 1. The smallest absolute Gasteiger partial charge is 0.465 e. The van der Waals surface area contributed by atoms with Crippen LogP contribution in [0, 0.1) is 6.92 Å². The lowest BCUT2D eigenvalue weighted by Crippen LogP contribution is -2.28. The number of carbonyl (C=O) groups excluding carboxylic acids is 2. The summed E-state index contributed by atoms with van der Waals surface area (Å²) in [5, 5.41) is 16.6. The van der Waals surface area contributed by atoms with Crippen LogP contribution >= 0.6 is 0 Å². The number of carbonyl (C=O) groups is 3. The molecule has 0 atom stereocenters. The van der Waals surface area contributed by atoms with Crippen LogP contribution in [-0.4, -0.2) is 47.4 Å². The zero-order chi connectivity index (χ0) is 29.9. The van der Waals surface area contributed by atoms with Crippen LogP contribution in [0.1, 0.15) is 53.6 Å². The minimum atomic E-state index is -3.73. The van der Waals surface area contributed by atoms with Crippen LogP contribution in [-0.2, 0) is 10.2 Å². The van der Waals surface area contributed by atoms with Gasteiger partial charge in [-0.2, -0.15) is 0 Å². The van der Waals surface area contributed by atoms with Gasteiger partial charge >= 0.3 is 12.4 Å². The molecule has 1 aliphatic carbocycles. The first kappa shape index (κ1) is 28.8. The Morgan fingerprint density at radius 3 is 2.40 bits per heavy atom. The summed E-state index contributed by atoms with van der Waals surface area (Å²) in [7, 11) is 0. The van der Waals surface area contributed by atoms with Crippen LogP contribution in [0.15, 0.2) is 54.6 Å². The fraction of sp³-hybridized carbons (Fsp3) is 0.333. The minimum absolute atomic E-state index is 0.0775. The first-order valence-corrected chi connectivity index (χ1v) is 13.6. The van der Waals surface area contributed by atoms with E-state index < -0.39 is 17.8 Å². The highest BCUT2D eigenvalue weighted by atomic mass is 19.3. The lowest BCUT2D eigenvalue weighted by molar-refractivity contribution is -0.286. The number of amides is 3. The summed E-state index contributed by atoms with van der Waals surface area (Å²) in [6.07, 6.45) is -1.52. The molecule has 1 aromatic heterocycles. The number of unbranched alkanes of at least 4 members (excludes halogenated alkanes) is 2. The van der Waals surface area contributed by atoms with E-state index in [4.69, 9.17) is 5.11 Å². The number of nitrogens with one attached hydrogen (secondary N) is 3. The second-order valence-electron chi connectivity index (χ2n) is 10.4. The van der Waals surface area contributed by atoms with Gasteiger partial charge in [0.1, 0.15) is 5.82 Å². The molecule has 1 saturated carbocycles. The van der Waals surface area contributed by atoms with Gasteiger partial charge in [0.15, 0.2) is 11.5 Å². The Labute approximate surface area is 240 Å². The number of aromatic nitrogens is 1. The average Bonchev–Trinajstić information content (AvgIpc) is 3.70. The molecule has 1 aliphatic heterocycles. The maximum atomic E-state index is 13.5. The summed E-state index contributed by atoms with van der Waals surface area (Å²) in [5.41, 5.74) is 2.29. The first-order valence-electron chi connectivity index (χ1n) is 13.6. The van der Waals surface area contributed by atoms with Crippen LogP contribution in [0.4, 0.5) is 19.4 Å². The number of carboxylic acid groups (broad SMARTS) is 1. The lowest BCUT2D eigenvalue weighted by Gasteiger charge is -2.17. The highest BCUT2D eigenvalue weighted by molar-refractivity contribution is 6.01. The molecule has 0 unspecified atom stereocenters. The Morgan fingerprint density at radius 1 is 0.929 bits per heavy atom. The molecule has 0 saturated heterocycles. The number of aryl methyl sites for hydroxylation is 1. The molecule has 0 bridgehead atoms. The van der Waals surface area contributed by atoms with Crippen LogP contribution in [0.3, 0.4) is 0 Å². The van der Waals surface area contributed by atoms with E-state index in [9.17, 15) is 23.2 Å². The van der Waals surface area contributed by atoms with Gasteiger partial charge in [0, 0.05) is 24.2 Å². The van der Waals surface area contributed by atoms with E-state index >= 15 is 0 Å². The minimum Gasteiger partial charge on any atom is -0.465 e.